The molecule has 0 aliphatic carbocycles. The van der Waals surface area contributed by atoms with Gasteiger partial charge in [0.25, 0.3) is 0 Å². The quantitative estimate of drug-likeness (QED) is 0.284. The lowest BCUT2D eigenvalue weighted by atomic mass is 10.4. The second-order valence-corrected chi connectivity index (χ2v) is 13.6. The molecule has 0 aliphatic heterocycles. The summed E-state index contributed by atoms with van der Waals surface area (Å²) in [4.78, 5) is 0. The molecule has 0 bridgehead atoms. The summed E-state index contributed by atoms with van der Waals surface area (Å²) in [6, 6.07) is 33.6. The molecule has 0 radical (unpaired) electrons. The van der Waals surface area contributed by atoms with E-state index < -0.39 is 16.1 Å². The maximum absolute atomic E-state index is 6.23. The van der Waals surface area contributed by atoms with Crippen molar-refractivity contribution in [2.24, 2.45) is 0 Å². The van der Waals surface area contributed by atoms with Crippen LogP contribution in [0, 0.1) is 0 Å². The second-order valence-electron chi connectivity index (χ2n) is 7.27. The van der Waals surface area contributed by atoms with Crippen LogP contribution in [0.4, 0.5) is 0 Å². The van der Waals surface area contributed by atoms with Gasteiger partial charge < -0.3 is 13.3 Å². The fraction of sp³-hybridized carbons (Fsp3) is 0.308. The highest BCUT2D eigenvalue weighted by atomic mass is 31.2. The third kappa shape index (κ3) is 5.52. The summed E-state index contributed by atoms with van der Waals surface area (Å²) in [5.41, 5.74) is 0. The maximum Gasteiger partial charge on any atom is 0.504 e. The summed E-state index contributed by atoms with van der Waals surface area (Å²) in [6.07, 6.45) is 0.942. The van der Waals surface area contributed by atoms with Crippen LogP contribution in [-0.4, -0.2) is 34.8 Å². The Morgan fingerprint density at radius 2 is 0.871 bits per heavy atom. The average Bonchev–Trinajstić information content (AvgIpc) is 2.82. The first kappa shape index (κ1) is 23.8. The van der Waals surface area contributed by atoms with Crippen molar-refractivity contribution in [1.29, 1.82) is 0 Å². The molecule has 0 N–H and O–H groups in total. The molecular weight excluding hydrogens is 419 g/mol. The van der Waals surface area contributed by atoms with Crippen LogP contribution in [0.3, 0.4) is 0 Å². The number of rotatable bonds is 12. The zero-order valence-electron chi connectivity index (χ0n) is 18.9. The van der Waals surface area contributed by atoms with Crippen LogP contribution in [0.15, 0.2) is 91.0 Å². The standard InChI is InChI=1S/C26H34O3PSi/c1-4-27-31(28-5-2,29-6-3)23-22-30(24-16-10-7-11-17-24,25-18-12-8-13-19-25)26-20-14-9-15-21-26/h7-21H,4-6,22-23H2,1-3H3/q+1. The van der Waals surface area contributed by atoms with Crippen molar-refractivity contribution in [2.45, 2.75) is 26.8 Å². The van der Waals surface area contributed by atoms with Gasteiger partial charge in [0.1, 0.15) is 23.2 Å². The van der Waals surface area contributed by atoms with E-state index in [0.29, 0.717) is 19.8 Å². The molecule has 3 nitrogen and oxygen atoms in total. The van der Waals surface area contributed by atoms with Gasteiger partial charge in [-0.3, -0.25) is 0 Å². The summed E-state index contributed by atoms with van der Waals surface area (Å²) >= 11 is 0. The molecule has 31 heavy (non-hydrogen) atoms. The molecular formula is C26H34O3PSi+. The average molecular weight is 454 g/mol. The Kier molecular flexibility index (Phi) is 9.00. The molecule has 0 fully saturated rings. The molecule has 3 aromatic carbocycles. The van der Waals surface area contributed by atoms with Crippen molar-refractivity contribution < 1.29 is 13.3 Å². The first-order valence-corrected chi connectivity index (χ1v) is 15.1. The van der Waals surface area contributed by atoms with Crippen molar-refractivity contribution in [3.05, 3.63) is 91.0 Å². The first-order chi connectivity index (χ1) is 15.2. The lowest BCUT2D eigenvalue weighted by molar-refractivity contribution is 0.0728. The Morgan fingerprint density at radius 1 is 0.548 bits per heavy atom. The van der Waals surface area contributed by atoms with Gasteiger partial charge in [0.2, 0.25) is 0 Å². The Morgan fingerprint density at radius 3 is 1.16 bits per heavy atom. The highest BCUT2D eigenvalue weighted by Crippen LogP contribution is 2.56. The summed E-state index contributed by atoms with van der Waals surface area (Å²) in [7, 11) is -4.70. The third-order valence-corrected chi connectivity index (χ3v) is 13.3. The Balaban J connectivity index is 2.15. The summed E-state index contributed by atoms with van der Waals surface area (Å²) in [5, 5.41) is 4.12. The van der Waals surface area contributed by atoms with Crippen molar-refractivity contribution in [3.8, 4) is 0 Å². The van der Waals surface area contributed by atoms with Crippen LogP contribution in [0.2, 0.25) is 6.04 Å². The van der Waals surface area contributed by atoms with Gasteiger partial charge in [0, 0.05) is 19.8 Å². The molecule has 0 aromatic heterocycles. The molecule has 0 spiro atoms. The van der Waals surface area contributed by atoms with Crippen LogP contribution in [-0.2, 0) is 13.3 Å². The Labute approximate surface area is 189 Å². The fourth-order valence-corrected chi connectivity index (χ4v) is 12.3. The molecule has 3 aromatic rings. The fourth-order valence-electron chi connectivity index (χ4n) is 4.19. The summed E-state index contributed by atoms with van der Waals surface area (Å²) < 4.78 is 18.7. The van der Waals surface area contributed by atoms with Crippen molar-refractivity contribution in [3.63, 3.8) is 0 Å². The van der Waals surface area contributed by atoms with Crippen molar-refractivity contribution in [2.75, 3.05) is 26.0 Å². The molecule has 0 unspecified atom stereocenters. The number of hydrogen-bond donors (Lipinski definition) is 0. The Bertz CT molecular complexity index is 777. The first-order valence-electron chi connectivity index (χ1n) is 11.2. The van der Waals surface area contributed by atoms with Gasteiger partial charge >= 0.3 is 8.80 Å². The molecule has 0 atom stereocenters. The molecule has 3 rings (SSSR count). The molecule has 164 valence electrons. The highest BCUT2D eigenvalue weighted by molar-refractivity contribution is 7.95. The third-order valence-electron chi connectivity index (χ3n) is 5.44. The molecule has 0 saturated heterocycles. The Hall–Kier alpha value is -1.81. The van der Waals surface area contributed by atoms with E-state index in [1.54, 1.807) is 0 Å². The van der Waals surface area contributed by atoms with Gasteiger partial charge in [0.15, 0.2) is 0 Å². The minimum atomic E-state index is -2.78. The van der Waals surface area contributed by atoms with E-state index in [1.165, 1.54) is 15.9 Å². The molecule has 5 heteroatoms. The minimum Gasteiger partial charge on any atom is -0.374 e. The minimum absolute atomic E-state index is 0.597. The zero-order chi connectivity index (χ0) is 22.0. The van der Waals surface area contributed by atoms with Gasteiger partial charge in [-0.15, -0.1) is 0 Å². The highest BCUT2D eigenvalue weighted by Gasteiger charge is 2.50. The van der Waals surface area contributed by atoms with Crippen molar-refractivity contribution in [1.82, 2.24) is 0 Å². The zero-order valence-corrected chi connectivity index (χ0v) is 20.8. The van der Waals surface area contributed by atoms with Crippen LogP contribution >= 0.6 is 7.26 Å². The van der Waals surface area contributed by atoms with E-state index in [1.807, 2.05) is 20.8 Å². The molecule has 0 saturated carbocycles. The van der Waals surface area contributed by atoms with Gasteiger partial charge in [-0.05, 0) is 57.2 Å². The normalized spacial score (nSPS) is 12.1. The predicted octanol–water partition coefficient (Wildman–Crippen LogP) is 5.03. The van der Waals surface area contributed by atoms with Gasteiger partial charge in [-0.25, -0.2) is 0 Å². The van der Waals surface area contributed by atoms with E-state index >= 15 is 0 Å². The smallest absolute Gasteiger partial charge is 0.374 e. The second kappa shape index (κ2) is 11.7. The topological polar surface area (TPSA) is 27.7 Å². The van der Waals surface area contributed by atoms with Crippen LogP contribution in [0.25, 0.3) is 0 Å². The maximum atomic E-state index is 6.23. The summed E-state index contributed by atoms with van der Waals surface area (Å²) in [6.45, 7) is 7.86. The molecule has 0 amide bonds. The monoisotopic (exact) mass is 453 g/mol. The van der Waals surface area contributed by atoms with Gasteiger partial charge in [-0.2, -0.15) is 0 Å². The number of hydrogen-bond acceptors (Lipinski definition) is 3. The van der Waals surface area contributed by atoms with E-state index in [4.69, 9.17) is 13.3 Å². The van der Waals surface area contributed by atoms with Gasteiger partial charge in [0.05, 0.1) is 12.2 Å². The summed E-state index contributed by atoms with van der Waals surface area (Å²) in [5.74, 6) is 0. The predicted molar refractivity (Wildman–Crippen MR) is 135 cm³/mol. The van der Waals surface area contributed by atoms with Crippen LogP contribution in [0.5, 0.6) is 0 Å². The van der Waals surface area contributed by atoms with Gasteiger partial charge in [-0.1, -0.05) is 54.6 Å². The van der Waals surface area contributed by atoms with Crippen LogP contribution < -0.4 is 15.9 Å². The van der Waals surface area contributed by atoms with E-state index in [9.17, 15) is 0 Å². The van der Waals surface area contributed by atoms with Crippen molar-refractivity contribution >= 4 is 32.0 Å². The largest absolute Gasteiger partial charge is 0.504 e. The van der Waals surface area contributed by atoms with Crippen LogP contribution in [0.1, 0.15) is 20.8 Å². The van der Waals surface area contributed by atoms with E-state index in [-0.39, 0.29) is 0 Å². The number of benzene rings is 3. The van der Waals surface area contributed by atoms with E-state index in [2.05, 4.69) is 91.0 Å². The molecule has 0 heterocycles. The molecule has 0 aliphatic rings. The lowest BCUT2D eigenvalue weighted by Gasteiger charge is -2.32. The lowest BCUT2D eigenvalue weighted by Crippen LogP contribution is -2.48. The SMILES string of the molecule is CCO[Si](CC[P+](c1ccccc1)(c1ccccc1)c1ccccc1)(OCC)OCC. The van der Waals surface area contributed by atoms with E-state index in [0.717, 1.165) is 12.2 Å².